The van der Waals surface area contributed by atoms with Crippen LogP contribution >= 0.6 is 11.6 Å². The lowest BCUT2D eigenvalue weighted by atomic mass is 10.1. The lowest BCUT2D eigenvalue weighted by Crippen LogP contribution is -2.49. The summed E-state index contributed by atoms with van der Waals surface area (Å²) in [5, 5.41) is 0.183. The number of hydrogen-bond donors (Lipinski definition) is 0. The predicted octanol–water partition coefficient (Wildman–Crippen LogP) is 3.64. The Kier molecular flexibility index (Phi) is 6.25. The number of allylic oxidation sites excluding steroid dienone is 1. The highest BCUT2D eigenvalue weighted by Crippen LogP contribution is 2.35. The number of carbonyl (C=O) groups is 2. The van der Waals surface area contributed by atoms with Crippen LogP contribution < -0.4 is 9.47 Å². The first-order valence-electron chi connectivity index (χ1n) is 10.1. The minimum Gasteiger partial charge on any atom is -0.484 e. The van der Waals surface area contributed by atoms with E-state index in [1.165, 1.54) is 24.3 Å². The molecule has 0 spiro atoms. The summed E-state index contributed by atoms with van der Waals surface area (Å²) >= 11 is 6.03. The summed E-state index contributed by atoms with van der Waals surface area (Å²) in [6.07, 6.45) is 1.29. The van der Waals surface area contributed by atoms with E-state index in [9.17, 15) is 14.0 Å². The van der Waals surface area contributed by atoms with Gasteiger partial charge in [-0.25, -0.2) is 4.39 Å². The van der Waals surface area contributed by atoms with Crippen molar-refractivity contribution >= 4 is 29.4 Å². The molecule has 0 aliphatic carbocycles. The van der Waals surface area contributed by atoms with Gasteiger partial charge in [0.2, 0.25) is 5.78 Å². The molecule has 1 amide bonds. The van der Waals surface area contributed by atoms with E-state index in [2.05, 4.69) is 11.8 Å². The fourth-order valence-electron chi connectivity index (χ4n) is 3.59. The Hall–Kier alpha value is -2.90. The summed E-state index contributed by atoms with van der Waals surface area (Å²) in [5.41, 5.74) is 0.429. The minimum absolute atomic E-state index is 0.0241. The molecule has 2 aliphatic rings. The first kappa shape index (κ1) is 21.3. The number of ether oxygens (including phenoxy) is 2. The van der Waals surface area contributed by atoms with Gasteiger partial charge < -0.3 is 19.3 Å². The van der Waals surface area contributed by atoms with Gasteiger partial charge in [0, 0.05) is 37.8 Å². The molecule has 0 radical (unpaired) electrons. The van der Waals surface area contributed by atoms with Gasteiger partial charge in [0.15, 0.2) is 12.4 Å². The lowest BCUT2D eigenvalue weighted by Gasteiger charge is -2.33. The Balaban J connectivity index is 1.42. The van der Waals surface area contributed by atoms with Crippen molar-refractivity contribution in [1.82, 2.24) is 9.80 Å². The van der Waals surface area contributed by atoms with Crippen LogP contribution in [0.1, 0.15) is 22.8 Å². The molecule has 31 heavy (non-hydrogen) atoms. The van der Waals surface area contributed by atoms with Crippen molar-refractivity contribution in [3.63, 3.8) is 0 Å². The van der Waals surface area contributed by atoms with Crippen LogP contribution in [0.15, 0.2) is 42.2 Å². The van der Waals surface area contributed by atoms with Crippen molar-refractivity contribution in [1.29, 1.82) is 0 Å². The monoisotopic (exact) mass is 444 g/mol. The van der Waals surface area contributed by atoms with Gasteiger partial charge in [-0.2, -0.15) is 0 Å². The molecule has 6 nitrogen and oxygen atoms in total. The first-order valence-corrected chi connectivity index (χ1v) is 10.5. The molecule has 2 aromatic carbocycles. The smallest absolute Gasteiger partial charge is 0.260 e. The molecule has 2 aliphatic heterocycles. The van der Waals surface area contributed by atoms with Crippen LogP contribution in [-0.2, 0) is 4.79 Å². The number of rotatable bonds is 5. The van der Waals surface area contributed by atoms with Crippen LogP contribution in [0.5, 0.6) is 11.5 Å². The number of fused-ring (bicyclic) bond motifs is 1. The number of likely N-dealkylation sites (N-methyl/N-ethyl adjacent to an activating group) is 1. The average molecular weight is 445 g/mol. The summed E-state index contributed by atoms with van der Waals surface area (Å²) in [6, 6.07) is 9.02. The highest BCUT2D eigenvalue weighted by atomic mass is 35.5. The largest absolute Gasteiger partial charge is 0.484 e. The van der Waals surface area contributed by atoms with Gasteiger partial charge in [0.1, 0.15) is 17.3 Å². The third kappa shape index (κ3) is 4.57. The average Bonchev–Trinajstić information content (AvgIpc) is 3.09. The topological polar surface area (TPSA) is 59.1 Å². The van der Waals surface area contributed by atoms with Crippen molar-refractivity contribution < 1.29 is 23.5 Å². The minimum atomic E-state index is -0.547. The van der Waals surface area contributed by atoms with Crippen molar-refractivity contribution in [2.75, 3.05) is 39.3 Å². The number of Topliss-reactive ketones (excluding diaryl/α,β-unsaturated/α-hetero) is 1. The normalized spacial score (nSPS) is 17.6. The summed E-state index contributed by atoms with van der Waals surface area (Å²) in [7, 11) is 0. The third-order valence-electron chi connectivity index (χ3n) is 5.45. The maximum absolute atomic E-state index is 14.0. The highest BCUT2D eigenvalue weighted by molar-refractivity contribution is 6.32. The van der Waals surface area contributed by atoms with Crippen LogP contribution in [0, 0.1) is 5.82 Å². The Morgan fingerprint density at radius 2 is 2.00 bits per heavy atom. The molecule has 2 heterocycles. The number of piperazine rings is 1. The molecular weight excluding hydrogens is 423 g/mol. The van der Waals surface area contributed by atoms with E-state index in [0.29, 0.717) is 30.2 Å². The molecule has 0 aromatic heterocycles. The second-order valence-corrected chi connectivity index (χ2v) is 7.74. The SMILES string of the molecule is CCN1CCN(C(=O)COc2ccc3c(c2)OC(=Cc2c(F)cccc2Cl)C3=O)CC1. The Morgan fingerprint density at radius 1 is 1.23 bits per heavy atom. The van der Waals surface area contributed by atoms with Gasteiger partial charge in [-0.1, -0.05) is 24.6 Å². The van der Waals surface area contributed by atoms with Crippen LogP contribution in [0.25, 0.3) is 6.08 Å². The van der Waals surface area contributed by atoms with Crippen molar-refractivity contribution in [3.05, 3.63) is 64.1 Å². The van der Waals surface area contributed by atoms with E-state index < -0.39 is 5.82 Å². The maximum atomic E-state index is 14.0. The molecule has 0 unspecified atom stereocenters. The van der Waals surface area contributed by atoms with E-state index in [-0.39, 0.29) is 34.6 Å². The molecule has 1 fully saturated rings. The molecule has 4 rings (SSSR count). The molecule has 0 saturated carbocycles. The molecule has 0 N–H and O–H groups in total. The Morgan fingerprint density at radius 3 is 2.71 bits per heavy atom. The zero-order chi connectivity index (χ0) is 22.0. The summed E-state index contributed by atoms with van der Waals surface area (Å²) in [6.45, 7) is 6.08. The lowest BCUT2D eigenvalue weighted by molar-refractivity contribution is -0.135. The van der Waals surface area contributed by atoms with Gasteiger partial charge in [0.05, 0.1) is 10.6 Å². The number of amides is 1. The van der Waals surface area contributed by atoms with E-state index >= 15 is 0 Å². The highest BCUT2D eigenvalue weighted by Gasteiger charge is 2.28. The molecule has 1 saturated heterocycles. The first-order chi connectivity index (χ1) is 15.0. The fourth-order valence-corrected chi connectivity index (χ4v) is 3.80. The number of nitrogens with zero attached hydrogens (tertiary/aromatic N) is 2. The van der Waals surface area contributed by atoms with Gasteiger partial charge in [-0.3, -0.25) is 9.59 Å². The quantitative estimate of drug-likeness (QED) is 0.659. The summed E-state index contributed by atoms with van der Waals surface area (Å²) < 4.78 is 25.3. The molecule has 0 bridgehead atoms. The van der Waals surface area contributed by atoms with Gasteiger partial charge in [-0.05, 0) is 36.9 Å². The van der Waals surface area contributed by atoms with Crippen molar-refractivity contribution in [2.45, 2.75) is 6.92 Å². The molecule has 2 aromatic rings. The molecule has 0 atom stereocenters. The van der Waals surface area contributed by atoms with Gasteiger partial charge in [-0.15, -0.1) is 0 Å². The van der Waals surface area contributed by atoms with Crippen LogP contribution in [0.4, 0.5) is 4.39 Å². The number of halogens is 2. The summed E-state index contributed by atoms with van der Waals surface area (Å²) in [5.74, 6) is -0.310. The van der Waals surface area contributed by atoms with Gasteiger partial charge >= 0.3 is 0 Å². The van der Waals surface area contributed by atoms with E-state index in [0.717, 1.165) is 19.6 Å². The van der Waals surface area contributed by atoms with Crippen LogP contribution in [0.3, 0.4) is 0 Å². The molecular formula is C23H22ClFN2O4. The molecule has 162 valence electrons. The zero-order valence-corrected chi connectivity index (χ0v) is 17.8. The Labute approximate surface area is 184 Å². The fraction of sp³-hybridized carbons (Fsp3) is 0.304. The second kappa shape index (κ2) is 9.08. The standard InChI is InChI=1S/C23H22ClFN2O4/c1-2-26-8-10-27(11-9-26)22(28)14-30-15-6-7-16-20(12-15)31-21(23(16)29)13-17-18(24)4-3-5-19(17)25/h3-7,12-13H,2,8-11,14H2,1H3. The van der Waals surface area contributed by atoms with Gasteiger partial charge in [0.25, 0.3) is 5.91 Å². The van der Waals surface area contributed by atoms with Crippen LogP contribution in [0.2, 0.25) is 5.02 Å². The maximum Gasteiger partial charge on any atom is 0.260 e. The van der Waals surface area contributed by atoms with E-state index in [1.54, 1.807) is 23.1 Å². The summed E-state index contributed by atoms with van der Waals surface area (Å²) in [4.78, 5) is 29.1. The van der Waals surface area contributed by atoms with Crippen LogP contribution in [-0.4, -0.2) is 60.8 Å². The predicted molar refractivity (Wildman–Crippen MR) is 115 cm³/mol. The number of carbonyl (C=O) groups excluding carboxylic acids is 2. The number of ketones is 1. The van der Waals surface area contributed by atoms with Crippen molar-refractivity contribution in [3.8, 4) is 11.5 Å². The molecule has 8 heteroatoms. The van der Waals surface area contributed by atoms with E-state index in [4.69, 9.17) is 21.1 Å². The van der Waals surface area contributed by atoms with Crippen molar-refractivity contribution in [2.24, 2.45) is 0 Å². The Bertz CT molecular complexity index is 1030. The third-order valence-corrected chi connectivity index (χ3v) is 5.78. The second-order valence-electron chi connectivity index (χ2n) is 7.34. The number of benzene rings is 2. The zero-order valence-electron chi connectivity index (χ0n) is 17.1. The number of hydrogen-bond acceptors (Lipinski definition) is 5. The van der Waals surface area contributed by atoms with E-state index in [1.807, 2.05) is 0 Å².